The van der Waals surface area contributed by atoms with Crippen LogP contribution >= 0.6 is 67.8 Å². The zero-order valence-corrected chi connectivity index (χ0v) is 13.7. The van der Waals surface area contributed by atoms with Crippen molar-refractivity contribution in [3.63, 3.8) is 0 Å². The van der Waals surface area contributed by atoms with Crippen LogP contribution in [0.4, 0.5) is 0 Å². The van der Waals surface area contributed by atoms with Gasteiger partial charge in [0, 0.05) is 0 Å². The highest BCUT2D eigenvalue weighted by molar-refractivity contribution is 14.3. The van der Waals surface area contributed by atoms with Gasteiger partial charge in [0.15, 0.2) is 0 Å². The predicted octanol–water partition coefficient (Wildman–Crippen LogP) is 4.60. The van der Waals surface area contributed by atoms with Gasteiger partial charge in [-0.3, -0.25) is 0 Å². The van der Waals surface area contributed by atoms with Gasteiger partial charge in [0.2, 0.25) is 0 Å². The normalized spacial score (nSPS) is 11.5. The number of hydrogen-bond acceptors (Lipinski definition) is 1. The van der Waals surface area contributed by atoms with E-state index in [1.807, 2.05) is 0 Å². The lowest BCUT2D eigenvalue weighted by atomic mass is 10.1. The van der Waals surface area contributed by atoms with E-state index in [0.717, 1.165) is 5.75 Å². The van der Waals surface area contributed by atoms with E-state index < -0.39 is 0 Å². The monoisotopic (exact) mass is 514 g/mol. The minimum atomic E-state index is -0.203. The second kappa shape index (κ2) is 4.82. The molecule has 1 aromatic rings. The van der Waals surface area contributed by atoms with Crippen LogP contribution in [0, 0.1) is 13.8 Å². The maximum Gasteiger partial charge on any atom is 0.258 e. The number of aryl methyl sites for hydroxylation is 2. The number of benzene rings is 1. The van der Waals surface area contributed by atoms with Crippen LogP contribution in [-0.2, 0) is 0 Å². The topological polar surface area (TPSA) is 9.23 Å². The van der Waals surface area contributed by atoms with E-state index in [9.17, 15) is 0 Å². The summed E-state index contributed by atoms with van der Waals surface area (Å²) in [4.78, 5) is 0. The minimum absolute atomic E-state index is 0.203. The van der Waals surface area contributed by atoms with Crippen molar-refractivity contribution < 1.29 is 4.74 Å². The maximum atomic E-state index is 5.77. The lowest BCUT2D eigenvalue weighted by Crippen LogP contribution is -2.10. The highest BCUT2D eigenvalue weighted by Crippen LogP contribution is 2.38. The highest BCUT2D eigenvalue weighted by Gasteiger charge is 2.19. The van der Waals surface area contributed by atoms with E-state index >= 15 is 0 Å². The maximum absolute atomic E-state index is 5.77. The van der Waals surface area contributed by atoms with Gasteiger partial charge in [0.1, 0.15) is 5.75 Å². The van der Waals surface area contributed by atoms with E-state index in [4.69, 9.17) is 4.74 Å². The molecule has 0 atom stereocenters. The van der Waals surface area contributed by atoms with Gasteiger partial charge >= 0.3 is 0 Å². The highest BCUT2D eigenvalue weighted by atomic mass is 127. The lowest BCUT2D eigenvalue weighted by Gasteiger charge is -2.17. The third-order valence-corrected chi connectivity index (χ3v) is 2.23. The van der Waals surface area contributed by atoms with Crippen molar-refractivity contribution in [2.45, 2.75) is 13.5 Å². The molecule has 0 amide bonds. The van der Waals surface area contributed by atoms with Gasteiger partial charge < -0.3 is 4.74 Å². The van der Waals surface area contributed by atoms with Gasteiger partial charge in [-0.2, -0.15) is 0 Å². The first-order valence-corrected chi connectivity index (χ1v) is 6.95. The molecule has 0 aliphatic heterocycles. The van der Waals surface area contributed by atoms with Crippen LogP contribution in [-0.4, -0.2) is -0.379 Å². The fourth-order valence-electron chi connectivity index (χ4n) is 0.942. The van der Waals surface area contributed by atoms with Crippen LogP contribution in [0.15, 0.2) is 18.2 Å². The first-order valence-electron chi connectivity index (χ1n) is 3.71. The van der Waals surface area contributed by atoms with Gasteiger partial charge in [-0.25, -0.2) is 0 Å². The van der Waals surface area contributed by atoms with Crippen LogP contribution in [0.5, 0.6) is 5.75 Å². The summed E-state index contributed by atoms with van der Waals surface area (Å²) in [6, 6.07) is 6.25. The molecule has 0 heterocycles. The van der Waals surface area contributed by atoms with E-state index in [-0.39, 0.29) is -0.379 Å². The van der Waals surface area contributed by atoms with Crippen molar-refractivity contribution >= 4 is 67.8 Å². The van der Waals surface area contributed by atoms with Gasteiger partial charge in [-0.1, -0.05) is 12.1 Å². The number of hydrogen-bond donors (Lipinski definition) is 0. The lowest BCUT2D eigenvalue weighted by molar-refractivity contribution is 0.375. The van der Waals surface area contributed by atoms with Gasteiger partial charge in [-0.15, -0.1) is 0 Å². The molecule has 0 aliphatic carbocycles. The van der Waals surface area contributed by atoms with E-state index in [0.29, 0.717) is 0 Å². The summed E-state index contributed by atoms with van der Waals surface area (Å²) in [5, 5.41) is 0. The summed E-state index contributed by atoms with van der Waals surface area (Å²) in [5.41, 5.74) is 2.41. The van der Waals surface area contributed by atoms with Crippen LogP contribution in [0.3, 0.4) is 0 Å². The van der Waals surface area contributed by atoms with Crippen LogP contribution in [0.1, 0.15) is 11.1 Å². The summed E-state index contributed by atoms with van der Waals surface area (Å²) in [5.74, 6) is 0.971. The zero-order chi connectivity index (χ0) is 10.1. The second-order valence-electron chi connectivity index (χ2n) is 2.82. The van der Waals surface area contributed by atoms with Gasteiger partial charge in [-0.05, 0) is 98.8 Å². The fraction of sp³-hybridized carbons (Fsp3) is 0.333. The second-order valence-corrected chi connectivity index (χ2v) is 13.6. The summed E-state index contributed by atoms with van der Waals surface area (Å²) in [6.07, 6.45) is 0. The van der Waals surface area contributed by atoms with Crippen LogP contribution < -0.4 is 4.74 Å². The summed E-state index contributed by atoms with van der Waals surface area (Å²) >= 11 is 6.78. The largest absolute Gasteiger partial charge is 0.459 e. The molecule has 0 bridgehead atoms. The molecule has 0 aromatic heterocycles. The molecule has 1 aromatic carbocycles. The molecule has 0 aliphatic rings. The van der Waals surface area contributed by atoms with Crippen molar-refractivity contribution in [2.24, 2.45) is 0 Å². The molecule has 0 saturated carbocycles. The molecule has 0 saturated heterocycles. The Morgan fingerprint density at radius 3 is 2.31 bits per heavy atom. The first kappa shape index (κ1) is 12.3. The quantitative estimate of drug-likeness (QED) is 0.415. The van der Waals surface area contributed by atoms with E-state index in [2.05, 4.69) is 99.8 Å². The van der Waals surface area contributed by atoms with Crippen molar-refractivity contribution in [2.75, 3.05) is 0 Å². The fourth-order valence-corrected chi connectivity index (χ4v) is 1.65. The zero-order valence-electron chi connectivity index (χ0n) is 7.27. The molecule has 72 valence electrons. The van der Waals surface area contributed by atoms with Crippen molar-refractivity contribution in [3.8, 4) is 5.75 Å². The van der Waals surface area contributed by atoms with Crippen molar-refractivity contribution in [3.05, 3.63) is 29.3 Å². The molecule has 1 rings (SSSR count). The molecular formula is C9H9I3O. The van der Waals surface area contributed by atoms with Gasteiger partial charge in [0.05, 0.1) is 0 Å². The smallest absolute Gasteiger partial charge is 0.258 e. The molecule has 0 radical (unpaired) electrons. The third-order valence-electron chi connectivity index (χ3n) is 1.57. The average molecular weight is 514 g/mol. The minimum Gasteiger partial charge on any atom is -0.459 e. The number of ether oxygens (including phenoxy) is 1. The Hall–Kier alpha value is 1.21. The molecule has 0 unspecified atom stereocenters. The summed E-state index contributed by atoms with van der Waals surface area (Å²) in [7, 11) is 0. The van der Waals surface area contributed by atoms with Crippen LogP contribution in [0.25, 0.3) is 0 Å². The first-order chi connectivity index (χ1) is 5.88. The SMILES string of the molecule is Cc1ccc(C)c(OC(I)(I)I)c1. The van der Waals surface area contributed by atoms with Gasteiger partial charge in [0.25, 0.3) is -0.379 Å². The standard InChI is InChI=1S/C9H9I3O/c1-6-3-4-7(2)8(5-6)13-9(10,11)12/h3-5H,1-2H3. The van der Waals surface area contributed by atoms with Crippen molar-refractivity contribution in [1.29, 1.82) is 0 Å². The Labute approximate surface area is 119 Å². The Kier molecular flexibility index (Phi) is 4.55. The average Bonchev–Trinajstić information content (AvgIpc) is 1.94. The summed E-state index contributed by atoms with van der Waals surface area (Å²) < 4.78 is 5.57. The number of rotatable bonds is 2. The molecule has 0 fully saturated rings. The molecule has 0 spiro atoms. The summed E-state index contributed by atoms with van der Waals surface area (Å²) in [6.45, 7) is 4.13. The molecule has 1 nitrogen and oxygen atoms in total. The molecule has 4 heteroatoms. The number of alkyl halides is 3. The Balaban J connectivity index is 2.94. The van der Waals surface area contributed by atoms with E-state index in [1.165, 1.54) is 11.1 Å². The van der Waals surface area contributed by atoms with E-state index in [1.54, 1.807) is 0 Å². The Morgan fingerprint density at radius 1 is 1.15 bits per heavy atom. The molecule has 13 heavy (non-hydrogen) atoms. The molecular weight excluding hydrogens is 505 g/mol. The molecule has 0 N–H and O–H groups in total. The third kappa shape index (κ3) is 4.50. The number of halogens is 3. The van der Waals surface area contributed by atoms with Crippen molar-refractivity contribution in [1.82, 2.24) is 0 Å². The predicted molar refractivity (Wildman–Crippen MR) is 81.3 cm³/mol. The Morgan fingerprint density at radius 2 is 1.77 bits per heavy atom. The Bertz CT molecular complexity index is 304. The van der Waals surface area contributed by atoms with Crippen LogP contribution in [0.2, 0.25) is 0 Å².